The van der Waals surface area contributed by atoms with Crippen molar-refractivity contribution in [1.29, 1.82) is 0 Å². The maximum absolute atomic E-state index is 5.94. The van der Waals surface area contributed by atoms with Crippen molar-refractivity contribution in [3.05, 3.63) is 29.3 Å². The van der Waals surface area contributed by atoms with E-state index >= 15 is 0 Å². The summed E-state index contributed by atoms with van der Waals surface area (Å²) in [5.41, 5.74) is 9.96. The molecule has 0 aliphatic heterocycles. The van der Waals surface area contributed by atoms with Crippen LogP contribution in [0.4, 0.5) is 5.69 Å². The standard InChI is InChI=1S/C16H26N2/c1-3-16(9-4-5-10-16)12-18-11-14-7-6-8-15(17)13(14)2/h6-8,18H,3-5,9-12,17H2,1-2H3. The minimum absolute atomic E-state index is 0.564. The number of nitrogen functional groups attached to an aromatic ring is 1. The molecule has 2 heteroatoms. The van der Waals surface area contributed by atoms with Gasteiger partial charge in [0.15, 0.2) is 0 Å². The van der Waals surface area contributed by atoms with Crippen LogP contribution in [0.3, 0.4) is 0 Å². The van der Waals surface area contributed by atoms with E-state index in [2.05, 4.69) is 25.2 Å². The molecule has 3 N–H and O–H groups in total. The van der Waals surface area contributed by atoms with Crippen LogP contribution < -0.4 is 11.1 Å². The summed E-state index contributed by atoms with van der Waals surface area (Å²) in [6.45, 7) is 6.53. The summed E-state index contributed by atoms with van der Waals surface area (Å²) < 4.78 is 0. The maximum Gasteiger partial charge on any atom is 0.0346 e. The summed E-state index contributed by atoms with van der Waals surface area (Å²) in [6, 6.07) is 6.19. The fourth-order valence-corrected chi connectivity index (χ4v) is 3.14. The second-order valence-electron chi connectivity index (χ2n) is 5.80. The molecular formula is C16H26N2. The minimum atomic E-state index is 0.564. The van der Waals surface area contributed by atoms with Crippen LogP contribution in [0.1, 0.15) is 50.2 Å². The van der Waals surface area contributed by atoms with Crippen molar-refractivity contribution < 1.29 is 0 Å². The molecule has 18 heavy (non-hydrogen) atoms. The van der Waals surface area contributed by atoms with Crippen molar-refractivity contribution in [2.75, 3.05) is 12.3 Å². The van der Waals surface area contributed by atoms with E-state index in [1.807, 2.05) is 12.1 Å². The van der Waals surface area contributed by atoms with Crippen LogP contribution in [0.15, 0.2) is 18.2 Å². The lowest BCUT2D eigenvalue weighted by atomic mass is 9.83. The van der Waals surface area contributed by atoms with Gasteiger partial charge in [-0.3, -0.25) is 0 Å². The molecule has 0 heterocycles. The van der Waals surface area contributed by atoms with Gasteiger partial charge in [0.25, 0.3) is 0 Å². The molecule has 1 aromatic rings. The molecule has 0 radical (unpaired) electrons. The number of rotatable bonds is 5. The molecule has 0 spiro atoms. The summed E-state index contributed by atoms with van der Waals surface area (Å²) in [7, 11) is 0. The molecule has 0 unspecified atom stereocenters. The van der Waals surface area contributed by atoms with Crippen molar-refractivity contribution in [3.63, 3.8) is 0 Å². The Kier molecular flexibility index (Phi) is 4.28. The largest absolute Gasteiger partial charge is 0.399 e. The topological polar surface area (TPSA) is 38.0 Å². The van der Waals surface area contributed by atoms with Crippen molar-refractivity contribution in [2.24, 2.45) is 5.41 Å². The van der Waals surface area contributed by atoms with Crippen molar-refractivity contribution in [3.8, 4) is 0 Å². The first-order chi connectivity index (χ1) is 8.67. The second-order valence-corrected chi connectivity index (χ2v) is 5.80. The maximum atomic E-state index is 5.94. The van der Waals surface area contributed by atoms with E-state index in [1.165, 1.54) is 43.2 Å². The molecule has 1 aliphatic rings. The number of hydrogen-bond acceptors (Lipinski definition) is 2. The third-order valence-electron chi connectivity index (χ3n) is 4.72. The normalized spacial score (nSPS) is 18.1. The quantitative estimate of drug-likeness (QED) is 0.778. The highest BCUT2D eigenvalue weighted by Gasteiger charge is 2.31. The van der Waals surface area contributed by atoms with Gasteiger partial charge >= 0.3 is 0 Å². The second kappa shape index (κ2) is 5.75. The van der Waals surface area contributed by atoms with Gasteiger partial charge in [-0.05, 0) is 48.8 Å². The Morgan fingerprint density at radius 1 is 1.28 bits per heavy atom. The molecule has 1 aromatic carbocycles. The number of nitrogens with two attached hydrogens (primary N) is 1. The van der Waals surface area contributed by atoms with Crippen LogP contribution in [0.2, 0.25) is 0 Å². The Bertz CT molecular complexity index is 392. The molecule has 0 bridgehead atoms. The summed E-state index contributed by atoms with van der Waals surface area (Å²) >= 11 is 0. The summed E-state index contributed by atoms with van der Waals surface area (Å²) in [6.07, 6.45) is 6.91. The average molecular weight is 246 g/mol. The Hall–Kier alpha value is -1.02. The zero-order valence-electron chi connectivity index (χ0n) is 11.8. The molecule has 0 amide bonds. The van der Waals surface area contributed by atoms with Gasteiger partial charge in [-0.1, -0.05) is 31.9 Å². The van der Waals surface area contributed by atoms with Crippen LogP contribution in [-0.4, -0.2) is 6.54 Å². The molecule has 2 rings (SSSR count). The smallest absolute Gasteiger partial charge is 0.0346 e. The van der Waals surface area contributed by atoms with Crippen LogP contribution in [0.5, 0.6) is 0 Å². The van der Waals surface area contributed by atoms with Gasteiger partial charge in [0, 0.05) is 18.8 Å². The zero-order valence-corrected chi connectivity index (χ0v) is 11.8. The molecule has 0 aromatic heterocycles. The molecule has 1 fully saturated rings. The molecule has 0 saturated heterocycles. The predicted octanol–water partition coefficient (Wildman–Crippen LogP) is 3.64. The molecule has 1 saturated carbocycles. The highest BCUT2D eigenvalue weighted by molar-refractivity contribution is 5.49. The lowest BCUT2D eigenvalue weighted by Crippen LogP contribution is -2.31. The van der Waals surface area contributed by atoms with E-state index in [0.29, 0.717) is 5.41 Å². The van der Waals surface area contributed by atoms with Crippen LogP contribution in [0, 0.1) is 12.3 Å². The SMILES string of the molecule is CCC1(CNCc2cccc(N)c2C)CCCC1. The van der Waals surface area contributed by atoms with Crippen LogP contribution in [-0.2, 0) is 6.54 Å². The van der Waals surface area contributed by atoms with Gasteiger partial charge in [-0.15, -0.1) is 0 Å². The summed E-state index contributed by atoms with van der Waals surface area (Å²) in [5.74, 6) is 0. The van der Waals surface area contributed by atoms with E-state index in [4.69, 9.17) is 5.73 Å². The molecular weight excluding hydrogens is 220 g/mol. The van der Waals surface area contributed by atoms with Gasteiger partial charge in [-0.2, -0.15) is 0 Å². The van der Waals surface area contributed by atoms with E-state index < -0.39 is 0 Å². The van der Waals surface area contributed by atoms with Gasteiger partial charge in [0.2, 0.25) is 0 Å². The monoisotopic (exact) mass is 246 g/mol. The zero-order chi connectivity index (χ0) is 13.0. The number of benzene rings is 1. The first-order valence-electron chi connectivity index (χ1n) is 7.21. The predicted molar refractivity (Wildman–Crippen MR) is 78.5 cm³/mol. The van der Waals surface area contributed by atoms with Crippen molar-refractivity contribution >= 4 is 5.69 Å². The molecule has 100 valence electrons. The van der Waals surface area contributed by atoms with Crippen LogP contribution in [0.25, 0.3) is 0 Å². The van der Waals surface area contributed by atoms with Crippen LogP contribution >= 0.6 is 0 Å². The number of nitrogens with one attached hydrogen (secondary N) is 1. The van der Waals surface area contributed by atoms with E-state index in [9.17, 15) is 0 Å². The fraction of sp³-hybridized carbons (Fsp3) is 0.625. The fourth-order valence-electron chi connectivity index (χ4n) is 3.14. The number of anilines is 1. The number of hydrogen-bond donors (Lipinski definition) is 2. The van der Waals surface area contributed by atoms with Gasteiger partial charge in [0.05, 0.1) is 0 Å². The van der Waals surface area contributed by atoms with E-state index in [-0.39, 0.29) is 0 Å². The van der Waals surface area contributed by atoms with Gasteiger partial charge < -0.3 is 11.1 Å². The highest BCUT2D eigenvalue weighted by Crippen LogP contribution is 2.40. The Morgan fingerprint density at radius 3 is 2.67 bits per heavy atom. The molecule has 1 aliphatic carbocycles. The lowest BCUT2D eigenvalue weighted by molar-refractivity contribution is 0.268. The van der Waals surface area contributed by atoms with Crippen molar-refractivity contribution in [2.45, 2.75) is 52.5 Å². The lowest BCUT2D eigenvalue weighted by Gasteiger charge is -2.28. The van der Waals surface area contributed by atoms with E-state index in [1.54, 1.807) is 0 Å². The van der Waals surface area contributed by atoms with E-state index in [0.717, 1.165) is 18.8 Å². The first-order valence-corrected chi connectivity index (χ1v) is 7.21. The van der Waals surface area contributed by atoms with Gasteiger partial charge in [-0.25, -0.2) is 0 Å². The Labute approximate surface area is 111 Å². The summed E-state index contributed by atoms with van der Waals surface area (Å²) in [4.78, 5) is 0. The Morgan fingerprint density at radius 2 is 2.00 bits per heavy atom. The first kappa shape index (κ1) is 13.4. The third kappa shape index (κ3) is 2.86. The third-order valence-corrected chi connectivity index (χ3v) is 4.72. The highest BCUT2D eigenvalue weighted by atomic mass is 14.9. The molecule has 0 atom stereocenters. The van der Waals surface area contributed by atoms with Crippen molar-refractivity contribution in [1.82, 2.24) is 5.32 Å². The Balaban J connectivity index is 1.90. The summed E-state index contributed by atoms with van der Waals surface area (Å²) in [5, 5.41) is 3.65. The van der Waals surface area contributed by atoms with Gasteiger partial charge in [0.1, 0.15) is 0 Å². The minimum Gasteiger partial charge on any atom is -0.399 e. The average Bonchev–Trinajstić information content (AvgIpc) is 2.84. The molecule has 2 nitrogen and oxygen atoms in total.